The van der Waals surface area contributed by atoms with E-state index in [0.717, 1.165) is 64.2 Å². The average molecular weight is 1070 g/mol. The standard InChI is InChI=1S/C79H62N4/c1-5-53-27-43-75-69(47-53)71-49-63(39-45-77(71)82(75)59-23-15-9-16-24-59)80(61-33-29-57(30-34-61)55-19-11-7-12-20-55)65-37-41-67-68-42-38-66(52-74(68)79(3,4)73(67)51-65)81(62-35-31-58(32-36-62)56-21-13-8-14-22-56)64-40-46-78-72(50-64)70-48-54(6-2)28-44-76(70)83(78)60-25-17-10-18-26-60/h5-35,37-39,41-45,47-52,62H,1-2,36,40,46H2,3-4H3. The minimum absolute atomic E-state index is 0.113. The molecule has 0 spiro atoms. The fourth-order valence-electron chi connectivity index (χ4n) is 13.7. The van der Waals surface area contributed by atoms with Gasteiger partial charge >= 0.3 is 0 Å². The first-order valence-electron chi connectivity index (χ1n) is 29.1. The Morgan fingerprint density at radius 1 is 0.470 bits per heavy atom. The number of benzene rings is 10. The summed E-state index contributed by atoms with van der Waals surface area (Å²) in [4.78, 5) is 5.11. The molecule has 15 rings (SSSR count). The van der Waals surface area contributed by atoms with Gasteiger partial charge in [-0.3, -0.25) is 0 Å². The topological polar surface area (TPSA) is 16.3 Å². The summed E-state index contributed by atoms with van der Waals surface area (Å²) >= 11 is 0. The maximum atomic E-state index is 4.18. The Labute approximate surface area is 486 Å². The van der Waals surface area contributed by atoms with E-state index in [2.05, 4.69) is 307 Å². The molecule has 3 aliphatic carbocycles. The number of hydrogen-bond donors (Lipinski definition) is 0. The number of rotatable bonds is 12. The normalized spacial score (nSPS) is 14.9. The van der Waals surface area contributed by atoms with Crippen LogP contribution in [0.5, 0.6) is 0 Å². The summed E-state index contributed by atoms with van der Waals surface area (Å²) in [5.41, 5.74) is 26.4. The summed E-state index contributed by atoms with van der Waals surface area (Å²) in [6, 6.07) is 87.2. The molecule has 0 aliphatic heterocycles. The SMILES string of the molecule is C=Cc1ccc2c(c1)c1c(n2-c2ccccc2)CCC(N(c2ccc3c(c2)C(C)(C)c2cc(N(c4ccc(-c5ccccc5)cc4)c4ccc5c(c4)c4cc(C=C)ccc4n5-c4ccccc4)ccc2-3)C2C=CC(c3ccccc3)=CC2)=C1. The second-order valence-corrected chi connectivity index (χ2v) is 22.9. The Balaban J connectivity index is 0.855. The van der Waals surface area contributed by atoms with E-state index in [1.54, 1.807) is 0 Å². The number of hydrogen-bond acceptors (Lipinski definition) is 2. The van der Waals surface area contributed by atoms with Crippen molar-refractivity contribution in [2.75, 3.05) is 9.80 Å². The highest BCUT2D eigenvalue weighted by atomic mass is 15.2. The van der Waals surface area contributed by atoms with Gasteiger partial charge in [0.25, 0.3) is 0 Å². The van der Waals surface area contributed by atoms with Gasteiger partial charge in [-0.15, -0.1) is 0 Å². The molecule has 0 radical (unpaired) electrons. The molecule has 0 saturated carbocycles. The Hall–Kier alpha value is -10.2. The molecule has 12 aromatic rings. The van der Waals surface area contributed by atoms with E-state index in [4.69, 9.17) is 0 Å². The highest BCUT2D eigenvalue weighted by molar-refractivity contribution is 6.11. The van der Waals surface area contributed by atoms with Crippen molar-refractivity contribution in [3.05, 3.63) is 313 Å². The van der Waals surface area contributed by atoms with Gasteiger partial charge in [0.15, 0.2) is 0 Å². The van der Waals surface area contributed by atoms with Crippen LogP contribution in [0.15, 0.2) is 274 Å². The van der Waals surface area contributed by atoms with Crippen LogP contribution in [-0.4, -0.2) is 15.2 Å². The smallest absolute Gasteiger partial charge is 0.0557 e. The molecule has 0 N–H and O–H groups in total. The molecule has 4 nitrogen and oxygen atoms in total. The van der Waals surface area contributed by atoms with Crippen LogP contribution in [0.25, 0.3) is 90.1 Å². The van der Waals surface area contributed by atoms with Crippen molar-refractivity contribution < 1.29 is 0 Å². The Morgan fingerprint density at radius 3 is 1.60 bits per heavy atom. The number of anilines is 4. The summed E-state index contributed by atoms with van der Waals surface area (Å²) in [6.45, 7) is 13.2. The number of fused-ring (bicyclic) bond motifs is 9. The summed E-state index contributed by atoms with van der Waals surface area (Å²) in [6.07, 6.45) is 16.4. The van der Waals surface area contributed by atoms with Crippen LogP contribution in [-0.2, 0) is 11.8 Å². The molecule has 0 fully saturated rings. The van der Waals surface area contributed by atoms with Crippen molar-refractivity contribution in [2.24, 2.45) is 0 Å². The number of allylic oxidation sites excluding steroid dienone is 3. The molecule has 3 aliphatic rings. The van der Waals surface area contributed by atoms with Crippen LogP contribution in [0.1, 0.15) is 65.8 Å². The van der Waals surface area contributed by atoms with Crippen LogP contribution in [0.2, 0.25) is 0 Å². The number of aromatic nitrogens is 2. The first-order valence-corrected chi connectivity index (χ1v) is 29.1. The van der Waals surface area contributed by atoms with E-state index >= 15 is 0 Å². The predicted molar refractivity (Wildman–Crippen MR) is 353 cm³/mol. The second-order valence-electron chi connectivity index (χ2n) is 22.9. The molecule has 4 heteroatoms. The van der Waals surface area contributed by atoms with Gasteiger partial charge in [-0.05, 0) is 184 Å². The number of para-hydroxylation sites is 2. The zero-order valence-electron chi connectivity index (χ0n) is 46.9. The minimum Gasteiger partial charge on any atom is -0.338 e. The van der Waals surface area contributed by atoms with Crippen LogP contribution >= 0.6 is 0 Å². The van der Waals surface area contributed by atoms with Gasteiger partial charge in [0.05, 0.1) is 22.6 Å². The third kappa shape index (κ3) is 8.43. The molecule has 0 saturated heterocycles. The number of nitrogens with zero attached hydrogens (tertiary/aromatic N) is 4. The van der Waals surface area contributed by atoms with E-state index in [1.807, 2.05) is 12.2 Å². The predicted octanol–water partition coefficient (Wildman–Crippen LogP) is 20.7. The molecular weight excluding hydrogens is 1000 g/mol. The van der Waals surface area contributed by atoms with Crippen LogP contribution < -0.4 is 9.80 Å². The van der Waals surface area contributed by atoms with Crippen LogP contribution in [0.4, 0.5) is 22.7 Å². The van der Waals surface area contributed by atoms with Gasteiger partial charge in [0.2, 0.25) is 0 Å². The quantitative estimate of drug-likeness (QED) is 0.121. The fraction of sp³-hybridized carbons (Fsp3) is 0.0886. The lowest BCUT2D eigenvalue weighted by Crippen LogP contribution is -2.35. The van der Waals surface area contributed by atoms with Crippen molar-refractivity contribution in [2.45, 2.75) is 44.6 Å². The molecular formula is C79H62N4. The summed E-state index contributed by atoms with van der Waals surface area (Å²) in [7, 11) is 0. The van der Waals surface area contributed by atoms with Gasteiger partial charge in [-0.25, -0.2) is 0 Å². The molecule has 2 heterocycles. The van der Waals surface area contributed by atoms with Crippen LogP contribution in [0.3, 0.4) is 0 Å². The third-order valence-corrected chi connectivity index (χ3v) is 17.8. The lowest BCUT2D eigenvalue weighted by atomic mass is 9.82. The van der Waals surface area contributed by atoms with Crippen molar-refractivity contribution in [1.82, 2.24) is 9.13 Å². The molecule has 1 atom stereocenters. The maximum Gasteiger partial charge on any atom is 0.0557 e. The average Bonchev–Trinajstić information content (AvgIpc) is 4.01. The molecule has 10 aromatic carbocycles. The zero-order chi connectivity index (χ0) is 55.8. The van der Waals surface area contributed by atoms with Crippen molar-refractivity contribution in [1.29, 1.82) is 0 Å². The summed E-state index contributed by atoms with van der Waals surface area (Å²) in [5, 5.41) is 3.64. The lowest BCUT2D eigenvalue weighted by Gasteiger charge is -2.37. The first-order chi connectivity index (χ1) is 40.8. The molecule has 0 amide bonds. The molecule has 0 bridgehead atoms. The summed E-state index contributed by atoms with van der Waals surface area (Å²) in [5.74, 6) is 0. The third-order valence-electron chi connectivity index (χ3n) is 17.8. The molecule has 83 heavy (non-hydrogen) atoms. The van der Waals surface area contributed by atoms with Gasteiger partial charge in [-0.1, -0.05) is 191 Å². The highest BCUT2D eigenvalue weighted by Gasteiger charge is 2.38. The second kappa shape index (κ2) is 20.1. The zero-order valence-corrected chi connectivity index (χ0v) is 46.9. The Morgan fingerprint density at radius 2 is 0.976 bits per heavy atom. The molecule has 1 unspecified atom stereocenters. The monoisotopic (exact) mass is 1070 g/mol. The van der Waals surface area contributed by atoms with E-state index in [9.17, 15) is 0 Å². The highest BCUT2D eigenvalue weighted by Crippen LogP contribution is 2.53. The van der Waals surface area contributed by atoms with E-state index < -0.39 is 0 Å². The lowest BCUT2D eigenvalue weighted by molar-refractivity contribution is 0.658. The van der Waals surface area contributed by atoms with Crippen molar-refractivity contribution in [3.63, 3.8) is 0 Å². The Kier molecular flexibility index (Phi) is 12.1. The van der Waals surface area contributed by atoms with E-state index in [0.29, 0.717) is 0 Å². The van der Waals surface area contributed by atoms with Gasteiger partial charge in [0, 0.05) is 72.7 Å². The van der Waals surface area contributed by atoms with E-state index in [-0.39, 0.29) is 11.5 Å². The van der Waals surface area contributed by atoms with Crippen LogP contribution in [0, 0.1) is 0 Å². The van der Waals surface area contributed by atoms with Gasteiger partial charge in [0.1, 0.15) is 0 Å². The molecule has 2 aromatic heterocycles. The Bertz CT molecular complexity index is 4630. The first kappa shape index (κ1) is 49.8. The van der Waals surface area contributed by atoms with Gasteiger partial charge < -0.3 is 18.9 Å². The fourth-order valence-corrected chi connectivity index (χ4v) is 13.7. The van der Waals surface area contributed by atoms with E-state index in [1.165, 1.54) is 94.5 Å². The minimum atomic E-state index is -0.319. The maximum absolute atomic E-state index is 4.18. The van der Waals surface area contributed by atoms with Crippen molar-refractivity contribution in [3.8, 4) is 33.6 Å². The largest absolute Gasteiger partial charge is 0.338 e. The van der Waals surface area contributed by atoms with Gasteiger partial charge in [-0.2, -0.15) is 0 Å². The molecule has 398 valence electrons. The van der Waals surface area contributed by atoms with Crippen molar-refractivity contribution >= 4 is 79.3 Å². The summed E-state index contributed by atoms with van der Waals surface area (Å²) < 4.78 is 4.87.